The fourth-order valence-corrected chi connectivity index (χ4v) is 12.6. The maximum absolute atomic E-state index is 14.7. The second-order valence-corrected chi connectivity index (χ2v) is 24.6. The van der Waals surface area contributed by atoms with Crippen LogP contribution in [0.15, 0.2) is 146 Å². The zero-order valence-corrected chi connectivity index (χ0v) is 49.7. The minimum absolute atomic E-state index is 0.0888. The molecule has 2 fully saturated rings. The van der Waals surface area contributed by atoms with Crippen LogP contribution in [0.3, 0.4) is 0 Å². The van der Waals surface area contributed by atoms with Gasteiger partial charge in [0.2, 0.25) is 23.6 Å². The number of fused-ring (bicyclic) bond motifs is 2. The minimum atomic E-state index is -0.825. The van der Waals surface area contributed by atoms with Crippen LogP contribution in [0, 0.1) is 22.7 Å². The fraction of sp³-hybridized carbons (Fsp3) is 0.400. The number of carbonyl (C=O) groups excluding carboxylic acids is 4. The Balaban J connectivity index is 1.17. The summed E-state index contributed by atoms with van der Waals surface area (Å²) >= 11 is 0. The van der Waals surface area contributed by atoms with E-state index in [0.29, 0.717) is 37.1 Å². The second-order valence-electron chi connectivity index (χ2n) is 24.6. The molecule has 4 N–H and O–H groups in total. The Kier molecular flexibility index (Phi) is 18.2. The van der Waals surface area contributed by atoms with Gasteiger partial charge in [-0.1, -0.05) is 187 Å². The topological polar surface area (TPSA) is 153 Å². The normalized spacial score (nSPS) is 22.0. The third-order valence-electron chi connectivity index (χ3n) is 17.2. The molecule has 2 saturated carbocycles. The lowest BCUT2D eigenvalue weighted by Gasteiger charge is -2.40. The zero-order valence-electron chi connectivity index (χ0n) is 49.7. The van der Waals surface area contributed by atoms with Gasteiger partial charge in [0.1, 0.15) is 0 Å². The van der Waals surface area contributed by atoms with E-state index in [9.17, 15) is 19.2 Å². The molecule has 2 aliphatic carbocycles. The largest absolute Gasteiger partial charge is 0.381 e. The molecule has 0 spiro atoms. The first-order valence-corrected chi connectivity index (χ1v) is 28.9. The Morgan fingerprint density at radius 1 is 0.415 bits per heavy atom. The SMILES string of the molecule is COC1CC(c2cccc3cccc(-c4ccc(-c5cccc6cccc(C7CC(OC)C(C(=O)N[C@H](C)c8ccccc8)C(OC)C7)c56)c(NC(=O)C(C)(C)C)c4NC(=O)C(C)(C)C)c23)CC(OC)C1C(=O)N[C@H](C)c1ccccc1. The Hall–Kier alpha value is -7.22. The van der Waals surface area contributed by atoms with Gasteiger partial charge in [-0.3, -0.25) is 19.2 Å². The van der Waals surface area contributed by atoms with Crippen molar-refractivity contribution in [2.45, 2.75) is 129 Å². The van der Waals surface area contributed by atoms with Crippen molar-refractivity contribution in [2.24, 2.45) is 22.7 Å². The van der Waals surface area contributed by atoms with Crippen molar-refractivity contribution in [1.82, 2.24) is 10.6 Å². The predicted octanol–water partition coefficient (Wildman–Crippen LogP) is 14.1. The molecule has 0 heterocycles. The number of carbonyl (C=O) groups is 4. The predicted molar refractivity (Wildman–Crippen MR) is 329 cm³/mol. The summed E-state index contributed by atoms with van der Waals surface area (Å²) in [7, 11) is 6.67. The van der Waals surface area contributed by atoms with Gasteiger partial charge in [0.05, 0.1) is 59.7 Å². The van der Waals surface area contributed by atoms with Gasteiger partial charge in [0.15, 0.2) is 0 Å². The highest BCUT2D eigenvalue weighted by atomic mass is 16.5. The lowest BCUT2D eigenvalue weighted by Crippen LogP contribution is -2.50. The molecule has 0 aromatic heterocycles. The van der Waals surface area contributed by atoms with E-state index in [1.807, 2.05) is 128 Å². The number of anilines is 2. The molecule has 12 nitrogen and oxygen atoms in total. The average molecular weight is 1110 g/mol. The third-order valence-corrected chi connectivity index (χ3v) is 17.2. The summed E-state index contributed by atoms with van der Waals surface area (Å²) < 4.78 is 24.9. The van der Waals surface area contributed by atoms with Crippen LogP contribution in [0.25, 0.3) is 43.8 Å². The van der Waals surface area contributed by atoms with E-state index in [1.165, 1.54) is 0 Å². The molecule has 0 aliphatic heterocycles. The van der Waals surface area contributed by atoms with Gasteiger partial charge in [-0.25, -0.2) is 0 Å². The van der Waals surface area contributed by atoms with Gasteiger partial charge >= 0.3 is 0 Å². The summed E-state index contributed by atoms with van der Waals surface area (Å²) in [6.45, 7) is 15.3. The highest BCUT2D eigenvalue weighted by Crippen LogP contribution is 2.51. The summed E-state index contributed by atoms with van der Waals surface area (Å²) in [5.74, 6) is -1.97. The monoisotopic (exact) mass is 1110 g/mol. The number of rotatable bonds is 16. The highest BCUT2D eigenvalue weighted by Gasteiger charge is 2.46. The van der Waals surface area contributed by atoms with Gasteiger partial charge in [-0.15, -0.1) is 0 Å². The Morgan fingerprint density at radius 3 is 1.04 bits per heavy atom. The average Bonchev–Trinajstić information content (AvgIpc) is 2.21. The first-order chi connectivity index (χ1) is 39.3. The van der Waals surface area contributed by atoms with E-state index >= 15 is 0 Å². The number of nitrogens with one attached hydrogen (secondary N) is 4. The van der Waals surface area contributed by atoms with E-state index in [0.717, 1.165) is 66.1 Å². The number of amides is 4. The Labute approximate surface area is 484 Å². The Morgan fingerprint density at radius 2 is 0.732 bits per heavy atom. The van der Waals surface area contributed by atoms with Crippen LogP contribution in [0.4, 0.5) is 11.4 Å². The molecule has 0 radical (unpaired) electrons. The van der Waals surface area contributed by atoms with E-state index in [1.54, 1.807) is 28.4 Å². The van der Waals surface area contributed by atoms with Gasteiger partial charge in [0.25, 0.3) is 0 Å². The maximum atomic E-state index is 14.7. The molecule has 0 bridgehead atoms. The lowest BCUT2D eigenvalue weighted by atomic mass is 9.72. The van der Waals surface area contributed by atoms with Crippen LogP contribution in [0.1, 0.15) is 127 Å². The van der Waals surface area contributed by atoms with Crippen molar-refractivity contribution in [3.63, 3.8) is 0 Å². The van der Waals surface area contributed by atoms with Crippen molar-refractivity contribution in [2.75, 3.05) is 39.1 Å². The van der Waals surface area contributed by atoms with Crippen molar-refractivity contribution < 1.29 is 38.1 Å². The standard InChI is InChI=1S/C70H82N4O8/c1-41(43-23-15-13-16-24-43)71-65(75)61-55(79-9)37-47(38-56(61)80-10)49-31-19-27-45-29-21-33-51(59(45)49)53-35-36-54(64(74-68(78)70(6,7)8)63(53)73-67(77)69(3,4)5)52-34-22-30-46-28-20-32-50(60(46)52)48-39-57(81-11)62(58(40-48)82-12)66(76)72-42(2)44-25-17-14-18-26-44/h13-36,41-42,47-48,55-58,61-62H,37-40H2,1-12H3,(H,71,75)(H,72,76)(H,73,77)(H,74,78)/t41-,42-,47?,48?,55?,56?,57?,58?,61?,62?/m1/s1. The molecule has 9 rings (SSSR count). The summed E-state index contributed by atoms with van der Waals surface area (Å²) in [4.78, 5) is 58.0. The van der Waals surface area contributed by atoms with Crippen molar-refractivity contribution >= 4 is 56.5 Å². The smallest absolute Gasteiger partial charge is 0.229 e. The minimum Gasteiger partial charge on any atom is -0.381 e. The second kappa shape index (κ2) is 25.1. The number of benzene rings is 7. The number of ether oxygens (including phenoxy) is 4. The molecule has 2 aliphatic rings. The van der Waals surface area contributed by atoms with Crippen LogP contribution >= 0.6 is 0 Å². The molecular weight excluding hydrogens is 1020 g/mol. The third kappa shape index (κ3) is 12.4. The number of hydrogen-bond donors (Lipinski definition) is 4. The molecule has 6 atom stereocenters. The molecule has 7 aromatic rings. The molecule has 7 aromatic carbocycles. The van der Waals surface area contributed by atoms with Crippen LogP contribution in [-0.2, 0) is 38.1 Å². The quantitative estimate of drug-likeness (QED) is 0.0746. The van der Waals surface area contributed by atoms with Gasteiger partial charge in [-0.05, 0) is 106 Å². The summed E-state index contributed by atoms with van der Waals surface area (Å²) in [5, 5.41) is 17.3. The first-order valence-electron chi connectivity index (χ1n) is 28.9. The fourth-order valence-electron chi connectivity index (χ4n) is 12.6. The van der Waals surface area contributed by atoms with Crippen molar-refractivity contribution in [3.8, 4) is 22.3 Å². The van der Waals surface area contributed by atoms with E-state index in [-0.39, 0.29) is 47.5 Å². The van der Waals surface area contributed by atoms with Crippen LogP contribution < -0.4 is 21.3 Å². The van der Waals surface area contributed by atoms with E-state index in [4.69, 9.17) is 18.9 Å². The molecule has 4 unspecified atom stereocenters. The highest BCUT2D eigenvalue weighted by molar-refractivity contribution is 6.15. The van der Waals surface area contributed by atoms with Crippen molar-refractivity contribution in [1.29, 1.82) is 0 Å². The maximum Gasteiger partial charge on any atom is 0.229 e. The number of methoxy groups -OCH3 is 4. The first kappa shape index (κ1) is 59.4. The lowest BCUT2D eigenvalue weighted by molar-refractivity contribution is -0.143. The molecule has 12 heteroatoms. The molecular formula is C70H82N4O8. The van der Waals surface area contributed by atoms with E-state index < -0.39 is 47.1 Å². The van der Waals surface area contributed by atoms with Gasteiger partial charge in [-0.2, -0.15) is 0 Å². The summed E-state index contributed by atoms with van der Waals surface area (Å²) in [6.07, 6.45) is 0.415. The zero-order chi connectivity index (χ0) is 58.6. The van der Waals surface area contributed by atoms with Gasteiger partial charge in [0, 0.05) is 50.4 Å². The molecule has 4 amide bonds. The van der Waals surface area contributed by atoms with Crippen LogP contribution in [0.5, 0.6) is 0 Å². The van der Waals surface area contributed by atoms with Crippen molar-refractivity contribution in [3.05, 3.63) is 168 Å². The molecule has 82 heavy (non-hydrogen) atoms. The van der Waals surface area contributed by atoms with Gasteiger partial charge < -0.3 is 40.2 Å². The molecule has 430 valence electrons. The summed E-state index contributed by atoms with van der Waals surface area (Å²) in [5.41, 5.74) is 6.62. The van der Waals surface area contributed by atoms with Crippen LogP contribution in [0.2, 0.25) is 0 Å². The Bertz CT molecular complexity index is 3160. The van der Waals surface area contributed by atoms with E-state index in [2.05, 4.69) is 94.1 Å². The number of hydrogen-bond acceptors (Lipinski definition) is 8. The summed E-state index contributed by atoms with van der Waals surface area (Å²) in [6, 6.07) is 48.6. The van der Waals surface area contributed by atoms with Crippen LogP contribution in [-0.4, -0.2) is 76.5 Å². The molecule has 0 saturated heterocycles.